The highest BCUT2D eigenvalue weighted by atomic mass is 32.2. The second-order valence-corrected chi connectivity index (χ2v) is 9.77. The van der Waals surface area contributed by atoms with E-state index in [-0.39, 0.29) is 27.4 Å². The Morgan fingerprint density at radius 3 is 2.09 bits per heavy atom. The summed E-state index contributed by atoms with van der Waals surface area (Å²) in [7, 11) is -2.50. The maximum Gasteiger partial charge on any atom is 0.295 e. The minimum atomic E-state index is -4.20. The summed E-state index contributed by atoms with van der Waals surface area (Å²) in [6.07, 6.45) is 0. The van der Waals surface area contributed by atoms with Crippen molar-refractivity contribution in [3.05, 3.63) is 106 Å². The van der Waals surface area contributed by atoms with Crippen LogP contribution in [0.15, 0.2) is 88.6 Å². The zero-order chi connectivity index (χ0) is 24.9. The van der Waals surface area contributed by atoms with Crippen molar-refractivity contribution in [2.75, 3.05) is 9.62 Å². The maximum absolute atomic E-state index is 13.2. The van der Waals surface area contributed by atoms with Gasteiger partial charge >= 0.3 is 0 Å². The third-order valence-electron chi connectivity index (χ3n) is 5.96. The van der Waals surface area contributed by atoms with Crippen molar-refractivity contribution in [2.45, 2.75) is 11.8 Å². The summed E-state index contributed by atoms with van der Waals surface area (Å²) in [4.78, 5) is 38.7. The Morgan fingerprint density at radius 2 is 1.46 bits per heavy atom. The highest BCUT2D eigenvalue weighted by molar-refractivity contribution is 7.94. The molecular weight excluding hydrogens is 468 g/mol. The Labute approximate surface area is 200 Å². The van der Waals surface area contributed by atoms with E-state index in [1.165, 1.54) is 28.9 Å². The van der Waals surface area contributed by atoms with E-state index in [2.05, 4.69) is 5.32 Å². The molecule has 1 aliphatic rings. The highest BCUT2D eigenvalue weighted by Gasteiger charge is 2.42. The quantitative estimate of drug-likeness (QED) is 0.475. The first-order valence-electron chi connectivity index (χ1n) is 10.7. The molecule has 0 atom stereocenters. The van der Waals surface area contributed by atoms with Crippen molar-refractivity contribution < 1.29 is 18.0 Å². The molecular formula is C25H20N4O5S. The van der Waals surface area contributed by atoms with E-state index in [0.717, 1.165) is 10.4 Å². The van der Waals surface area contributed by atoms with Crippen molar-refractivity contribution in [2.24, 2.45) is 7.05 Å². The Kier molecular flexibility index (Phi) is 5.17. The monoisotopic (exact) mass is 488 g/mol. The number of carbonyl (C=O) groups is 2. The van der Waals surface area contributed by atoms with E-state index >= 15 is 0 Å². The van der Waals surface area contributed by atoms with Gasteiger partial charge in [0.25, 0.3) is 27.4 Å². The number of aromatic nitrogens is 2. The van der Waals surface area contributed by atoms with Gasteiger partial charge in [0.05, 0.1) is 22.6 Å². The second kappa shape index (κ2) is 8.10. The van der Waals surface area contributed by atoms with E-state index in [0.29, 0.717) is 11.4 Å². The Morgan fingerprint density at radius 1 is 0.857 bits per heavy atom. The van der Waals surface area contributed by atoms with Gasteiger partial charge in [-0.15, -0.1) is 0 Å². The summed E-state index contributed by atoms with van der Waals surface area (Å²) in [6.45, 7) is 1.69. The van der Waals surface area contributed by atoms with Gasteiger partial charge in [-0.3, -0.25) is 19.1 Å². The van der Waals surface area contributed by atoms with Crippen LogP contribution < -0.4 is 15.2 Å². The molecule has 9 nitrogen and oxygen atoms in total. The van der Waals surface area contributed by atoms with E-state index in [9.17, 15) is 22.8 Å². The fraction of sp³-hybridized carbons (Fsp3) is 0.0800. The third-order valence-corrected chi connectivity index (χ3v) is 7.71. The number of nitrogens with zero attached hydrogens (tertiary/aromatic N) is 3. The summed E-state index contributed by atoms with van der Waals surface area (Å²) in [5.41, 5.74) is 0.992. The van der Waals surface area contributed by atoms with Gasteiger partial charge in [0.15, 0.2) is 0 Å². The number of benzene rings is 3. The van der Waals surface area contributed by atoms with Crippen LogP contribution in [0.25, 0.3) is 5.69 Å². The summed E-state index contributed by atoms with van der Waals surface area (Å²) in [5, 5.41) is 2.61. The summed E-state index contributed by atoms with van der Waals surface area (Å²) < 4.78 is 30.1. The van der Waals surface area contributed by atoms with Gasteiger partial charge in [-0.2, -0.15) is 4.31 Å². The molecule has 1 aliphatic heterocycles. The van der Waals surface area contributed by atoms with Gasteiger partial charge in [-0.05, 0) is 49.4 Å². The summed E-state index contributed by atoms with van der Waals surface area (Å²) >= 11 is 0. The smallest absolute Gasteiger partial charge is 0.295 e. The van der Waals surface area contributed by atoms with Crippen LogP contribution in [0.3, 0.4) is 0 Å². The number of nitrogens with one attached hydrogen (secondary N) is 1. The van der Waals surface area contributed by atoms with Crippen LogP contribution in [0.2, 0.25) is 0 Å². The molecule has 0 saturated heterocycles. The number of fused-ring (bicyclic) bond motifs is 1. The number of carbonyl (C=O) groups excluding carboxylic acids is 2. The second-order valence-electron chi connectivity index (χ2n) is 8.01. The Balaban J connectivity index is 1.51. The number of hydrogen-bond donors (Lipinski definition) is 1. The number of sulfonamides is 1. The zero-order valence-electron chi connectivity index (χ0n) is 18.8. The third kappa shape index (κ3) is 3.46. The molecule has 0 fully saturated rings. The normalized spacial score (nSPS) is 14.1. The number of amides is 2. The minimum Gasteiger partial charge on any atom is -0.316 e. The average molecular weight is 489 g/mol. The van der Waals surface area contributed by atoms with Crippen molar-refractivity contribution in [3.63, 3.8) is 0 Å². The predicted molar refractivity (Wildman–Crippen MR) is 131 cm³/mol. The number of para-hydroxylation sites is 2. The molecule has 4 aromatic rings. The number of rotatable bonds is 4. The Bertz CT molecular complexity index is 1660. The van der Waals surface area contributed by atoms with Crippen molar-refractivity contribution in [1.82, 2.24) is 9.36 Å². The van der Waals surface area contributed by atoms with Crippen LogP contribution in [-0.2, 0) is 17.1 Å². The van der Waals surface area contributed by atoms with Crippen LogP contribution in [0, 0.1) is 6.92 Å². The summed E-state index contributed by atoms with van der Waals surface area (Å²) in [6, 6.07) is 20.8. The van der Waals surface area contributed by atoms with Crippen LogP contribution in [0.5, 0.6) is 0 Å². The number of anilines is 2. The van der Waals surface area contributed by atoms with Gasteiger partial charge in [0.2, 0.25) is 0 Å². The molecule has 2 heterocycles. The standard InChI is InChI=1S/C25H20N4O5S/c1-16-22(25(32)28(27(16)2)18-9-5-3-6-10-18)26-23(30)17-13-14-20-21(15-17)35(33,34)29(24(20)31)19-11-7-4-8-12-19/h3-15H,1-2H3,(H,26,30). The van der Waals surface area contributed by atoms with E-state index in [1.54, 1.807) is 61.1 Å². The maximum atomic E-state index is 13.2. The molecule has 1 N–H and O–H groups in total. The zero-order valence-corrected chi connectivity index (χ0v) is 19.6. The van der Waals surface area contributed by atoms with E-state index < -0.39 is 27.4 Å². The molecule has 10 heteroatoms. The topological polar surface area (TPSA) is 110 Å². The first kappa shape index (κ1) is 22.4. The molecule has 1 aromatic heterocycles. The molecule has 5 rings (SSSR count). The molecule has 0 bridgehead atoms. The molecule has 176 valence electrons. The average Bonchev–Trinajstić information content (AvgIpc) is 3.20. The highest BCUT2D eigenvalue weighted by Crippen LogP contribution is 2.35. The molecule has 35 heavy (non-hydrogen) atoms. The van der Waals surface area contributed by atoms with Crippen molar-refractivity contribution in [1.29, 1.82) is 0 Å². The van der Waals surface area contributed by atoms with Gasteiger partial charge in [0, 0.05) is 12.6 Å². The lowest BCUT2D eigenvalue weighted by molar-refractivity contribution is 0.100. The lowest BCUT2D eigenvalue weighted by atomic mass is 10.1. The fourth-order valence-electron chi connectivity index (χ4n) is 4.09. The first-order valence-corrected chi connectivity index (χ1v) is 12.1. The van der Waals surface area contributed by atoms with Crippen LogP contribution in [-0.4, -0.2) is 29.6 Å². The van der Waals surface area contributed by atoms with Crippen molar-refractivity contribution >= 4 is 33.2 Å². The number of hydrogen-bond acceptors (Lipinski definition) is 5. The molecule has 0 aliphatic carbocycles. The largest absolute Gasteiger partial charge is 0.316 e. The SMILES string of the molecule is Cc1c(NC(=O)c2ccc3c(c2)S(=O)(=O)N(c2ccccc2)C3=O)c(=O)n(-c2ccccc2)n1C. The first-order chi connectivity index (χ1) is 16.7. The van der Waals surface area contributed by atoms with Gasteiger partial charge in [-0.1, -0.05) is 36.4 Å². The molecule has 0 spiro atoms. The summed E-state index contributed by atoms with van der Waals surface area (Å²) in [5.74, 6) is -1.36. The lowest BCUT2D eigenvalue weighted by Gasteiger charge is -2.14. The predicted octanol–water partition coefficient (Wildman–Crippen LogP) is 3.09. The van der Waals surface area contributed by atoms with Gasteiger partial charge < -0.3 is 5.32 Å². The minimum absolute atomic E-state index is 0.00366. The fourth-order valence-corrected chi connectivity index (χ4v) is 5.71. The molecule has 2 amide bonds. The van der Waals surface area contributed by atoms with Crippen molar-refractivity contribution in [3.8, 4) is 5.69 Å². The van der Waals surface area contributed by atoms with Gasteiger partial charge in [-0.25, -0.2) is 13.1 Å². The Hall–Kier alpha value is -4.44. The van der Waals surface area contributed by atoms with E-state index in [1.807, 2.05) is 6.07 Å². The lowest BCUT2D eigenvalue weighted by Crippen LogP contribution is -2.29. The van der Waals surface area contributed by atoms with Crippen LogP contribution in [0.4, 0.5) is 11.4 Å². The molecule has 0 radical (unpaired) electrons. The molecule has 3 aromatic carbocycles. The molecule has 0 saturated carbocycles. The van der Waals surface area contributed by atoms with Gasteiger partial charge in [0.1, 0.15) is 10.6 Å². The molecule has 0 unspecified atom stereocenters. The van der Waals surface area contributed by atoms with Crippen LogP contribution >= 0.6 is 0 Å². The van der Waals surface area contributed by atoms with Crippen LogP contribution in [0.1, 0.15) is 26.4 Å². The van der Waals surface area contributed by atoms with E-state index in [4.69, 9.17) is 0 Å².